The van der Waals surface area contributed by atoms with Gasteiger partial charge in [0, 0.05) is 11.5 Å². The number of thioether (sulfide) groups is 1. The van der Waals surface area contributed by atoms with Crippen LogP contribution in [0.3, 0.4) is 0 Å². The number of ether oxygens (including phenoxy) is 1. The summed E-state index contributed by atoms with van der Waals surface area (Å²) in [7, 11) is 2.08. The van der Waals surface area contributed by atoms with Gasteiger partial charge in [-0.15, -0.1) is 0 Å². The highest BCUT2D eigenvalue weighted by atomic mass is 32.2. The third-order valence-corrected chi connectivity index (χ3v) is 4.77. The first-order valence-corrected chi connectivity index (χ1v) is 8.13. The second-order valence-electron chi connectivity index (χ2n) is 4.98. The van der Waals surface area contributed by atoms with Crippen molar-refractivity contribution in [3.8, 4) is 0 Å². The van der Waals surface area contributed by atoms with Crippen LogP contribution in [0.1, 0.15) is 38.5 Å². The predicted octanol–water partition coefficient (Wildman–Crippen LogP) is 2.99. The monoisotopic (exact) mass is 255 g/mol. The molecule has 17 heavy (non-hydrogen) atoms. The zero-order chi connectivity index (χ0) is 11.9. The van der Waals surface area contributed by atoms with E-state index in [9.17, 15) is 0 Å². The van der Waals surface area contributed by atoms with Crippen molar-refractivity contribution in [1.29, 1.82) is 0 Å². The number of hydrogen-bond acceptors (Lipinski definition) is 3. The van der Waals surface area contributed by atoms with Crippen LogP contribution < -0.4 is 5.32 Å². The Morgan fingerprint density at radius 2 is 2.24 bits per heavy atom. The second kappa shape index (κ2) is 7.45. The van der Waals surface area contributed by atoms with Crippen molar-refractivity contribution in [2.24, 2.45) is 0 Å². The minimum atomic E-state index is 0.379. The summed E-state index contributed by atoms with van der Waals surface area (Å²) in [6.07, 6.45) is 10.9. The van der Waals surface area contributed by atoms with Crippen LogP contribution in [-0.4, -0.2) is 37.3 Å². The third-order valence-electron chi connectivity index (χ3n) is 3.75. The average Bonchev–Trinajstić information content (AvgIpc) is 2.34. The quantitative estimate of drug-likeness (QED) is 0.783. The molecule has 3 heteroatoms. The Morgan fingerprint density at radius 1 is 1.35 bits per heavy atom. The van der Waals surface area contributed by atoms with E-state index in [4.69, 9.17) is 4.74 Å². The highest BCUT2D eigenvalue weighted by molar-refractivity contribution is 7.99. The number of rotatable bonds is 3. The van der Waals surface area contributed by atoms with Crippen molar-refractivity contribution >= 4 is 11.8 Å². The summed E-state index contributed by atoms with van der Waals surface area (Å²) in [6, 6.07) is 0.445. The molecule has 1 fully saturated rings. The Kier molecular flexibility index (Phi) is 5.89. The van der Waals surface area contributed by atoms with E-state index in [-0.39, 0.29) is 0 Å². The Labute approximate surface area is 110 Å². The molecule has 2 unspecified atom stereocenters. The predicted molar refractivity (Wildman–Crippen MR) is 75.7 cm³/mol. The summed E-state index contributed by atoms with van der Waals surface area (Å²) < 4.78 is 5.93. The highest BCUT2D eigenvalue weighted by Gasteiger charge is 2.26. The Hall–Kier alpha value is 0.01000. The van der Waals surface area contributed by atoms with Gasteiger partial charge in [0.2, 0.25) is 0 Å². The van der Waals surface area contributed by atoms with Gasteiger partial charge < -0.3 is 10.1 Å². The molecule has 0 amide bonds. The fraction of sp³-hybridized carbons (Fsp3) is 0.857. The fourth-order valence-corrected chi connectivity index (χ4v) is 3.71. The molecule has 2 nitrogen and oxygen atoms in total. The van der Waals surface area contributed by atoms with Crippen molar-refractivity contribution in [2.45, 2.75) is 50.7 Å². The van der Waals surface area contributed by atoms with E-state index >= 15 is 0 Å². The largest absolute Gasteiger partial charge is 0.375 e. The molecule has 0 saturated carbocycles. The van der Waals surface area contributed by atoms with E-state index in [1.54, 1.807) is 5.57 Å². The summed E-state index contributed by atoms with van der Waals surface area (Å²) in [4.78, 5) is 0. The molecule has 0 radical (unpaired) electrons. The second-order valence-corrected chi connectivity index (χ2v) is 6.13. The first-order valence-electron chi connectivity index (χ1n) is 6.97. The molecule has 0 aromatic rings. The van der Waals surface area contributed by atoms with E-state index in [1.165, 1.54) is 38.5 Å². The molecule has 2 atom stereocenters. The van der Waals surface area contributed by atoms with Crippen molar-refractivity contribution in [3.63, 3.8) is 0 Å². The lowest BCUT2D eigenvalue weighted by molar-refractivity contribution is 0.0569. The standard InChI is InChI=1S/C14H25NOS/c1-15-14(13-11-17-10-9-16-13)12-7-5-3-2-4-6-8-12/h7,13-15H,2-6,8-11H2,1H3. The molecule has 0 aromatic carbocycles. The SMILES string of the molecule is CNC(C1=CCCCCCC1)C1CSCCO1. The minimum absolute atomic E-state index is 0.379. The molecular weight excluding hydrogens is 230 g/mol. The molecule has 0 spiro atoms. The van der Waals surface area contributed by atoms with Crippen molar-refractivity contribution < 1.29 is 4.74 Å². The van der Waals surface area contributed by atoms with Gasteiger partial charge in [-0.1, -0.05) is 24.5 Å². The van der Waals surface area contributed by atoms with E-state index in [1.807, 2.05) is 11.8 Å². The molecule has 98 valence electrons. The molecule has 2 rings (SSSR count). The van der Waals surface area contributed by atoms with Gasteiger partial charge in [0.1, 0.15) is 0 Å². The third kappa shape index (κ3) is 4.01. The number of allylic oxidation sites excluding steroid dienone is 1. The highest BCUT2D eigenvalue weighted by Crippen LogP contribution is 2.25. The molecule has 2 aliphatic rings. The topological polar surface area (TPSA) is 21.3 Å². The summed E-state index contributed by atoms with van der Waals surface area (Å²) in [5, 5.41) is 3.48. The van der Waals surface area contributed by atoms with Crippen LogP contribution in [0.25, 0.3) is 0 Å². The van der Waals surface area contributed by atoms with Crippen LogP contribution in [0.15, 0.2) is 11.6 Å². The van der Waals surface area contributed by atoms with Gasteiger partial charge in [-0.3, -0.25) is 0 Å². The average molecular weight is 255 g/mol. The molecule has 1 aliphatic carbocycles. The lowest BCUT2D eigenvalue weighted by atomic mass is 9.92. The van der Waals surface area contributed by atoms with Crippen LogP contribution in [0, 0.1) is 0 Å². The number of likely N-dealkylation sites (N-methyl/N-ethyl adjacent to an activating group) is 1. The van der Waals surface area contributed by atoms with Gasteiger partial charge in [0.05, 0.1) is 18.8 Å². The lowest BCUT2D eigenvalue weighted by Crippen LogP contribution is -2.44. The molecule has 1 saturated heterocycles. The van der Waals surface area contributed by atoms with Crippen LogP contribution in [0.5, 0.6) is 0 Å². The van der Waals surface area contributed by atoms with Crippen LogP contribution in [-0.2, 0) is 4.74 Å². The Bertz CT molecular complexity index is 249. The fourth-order valence-electron chi connectivity index (χ4n) is 2.81. The maximum Gasteiger partial charge on any atom is 0.0856 e. The van der Waals surface area contributed by atoms with Crippen LogP contribution in [0.4, 0.5) is 0 Å². The minimum Gasteiger partial charge on any atom is -0.375 e. The Balaban J connectivity index is 1.98. The molecule has 0 bridgehead atoms. The summed E-state index contributed by atoms with van der Waals surface area (Å²) in [5.74, 6) is 2.30. The van der Waals surface area contributed by atoms with Crippen molar-refractivity contribution in [2.75, 3.05) is 25.2 Å². The van der Waals surface area contributed by atoms with E-state index in [0.29, 0.717) is 12.1 Å². The Morgan fingerprint density at radius 3 is 3.00 bits per heavy atom. The van der Waals surface area contributed by atoms with E-state index < -0.39 is 0 Å². The normalized spacial score (nSPS) is 29.0. The van der Waals surface area contributed by atoms with Gasteiger partial charge in [-0.25, -0.2) is 0 Å². The van der Waals surface area contributed by atoms with Gasteiger partial charge in [0.25, 0.3) is 0 Å². The molecular formula is C14H25NOS. The van der Waals surface area contributed by atoms with Gasteiger partial charge >= 0.3 is 0 Å². The maximum atomic E-state index is 5.93. The molecule has 0 aromatic heterocycles. The van der Waals surface area contributed by atoms with Gasteiger partial charge in [-0.2, -0.15) is 11.8 Å². The zero-order valence-electron chi connectivity index (χ0n) is 10.9. The zero-order valence-corrected chi connectivity index (χ0v) is 11.7. The smallest absolute Gasteiger partial charge is 0.0856 e. The summed E-state index contributed by atoms with van der Waals surface area (Å²) >= 11 is 2.03. The maximum absolute atomic E-state index is 5.93. The van der Waals surface area contributed by atoms with Crippen molar-refractivity contribution in [1.82, 2.24) is 5.32 Å². The van der Waals surface area contributed by atoms with E-state index in [0.717, 1.165) is 18.1 Å². The first kappa shape index (κ1) is 13.4. The number of hydrogen-bond donors (Lipinski definition) is 1. The van der Waals surface area contributed by atoms with Gasteiger partial charge in [-0.05, 0) is 32.7 Å². The van der Waals surface area contributed by atoms with Gasteiger partial charge in [0.15, 0.2) is 0 Å². The van der Waals surface area contributed by atoms with E-state index in [2.05, 4.69) is 18.4 Å². The number of nitrogens with one attached hydrogen (secondary N) is 1. The van der Waals surface area contributed by atoms with Crippen LogP contribution in [0.2, 0.25) is 0 Å². The van der Waals surface area contributed by atoms with Crippen LogP contribution >= 0.6 is 11.8 Å². The first-order chi connectivity index (χ1) is 8.42. The molecule has 1 heterocycles. The van der Waals surface area contributed by atoms with Crippen molar-refractivity contribution in [3.05, 3.63) is 11.6 Å². The summed E-state index contributed by atoms with van der Waals surface area (Å²) in [6.45, 7) is 0.917. The molecule has 1 aliphatic heterocycles. The lowest BCUT2D eigenvalue weighted by Gasteiger charge is -2.32. The molecule has 1 N–H and O–H groups in total. The summed E-state index contributed by atoms with van der Waals surface area (Å²) in [5.41, 5.74) is 1.60.